The van der Waals surface area contributed by atoms with Gasteiger partial charge in [-0.15, -0.1) is 0 Å². The molecule has 0 aliphatic heterocycles. The fourth-order valence-electron chi connectivity index (χ4n) is 2.14. The smallest absolute Gasteiger partial charge is 0.226 e. The van der Waals surface area contributed by atoms with Crippen LogP contribution in [0.3, 0.4) is 0 Å². The van der Waals surface area contributed by atoms with E-state index in [1.807, 2.05) is 30.3 Å². The lowest BCUT2D eigenvalue weighted by Crippen LogP contribution is -2.27. The van der Waals surface area contributed by atoms with Crippen molar-refractivity contribution in [3.05, 3.63) is 54.6 Å². The van der Waals surface area contributed by atoms with Gasteiger partial charge in [-0.1, -0.05) is 18.2 Å². The van der Waals surface area contributed by atoms with Crippen molar-refractivity contribution in [2.24, 2.45) is 0 Å². The Hall–Kier alpha value is -2.49. The van der Waals surface area contributed by atoms with Gasteiger partial charge in [-0.3, -0.25) is 4.79 Å². The summed E-state index contributed by atoms with van der Waals surface area (Å²) < 4.78 is 0. The SMILES string of the molecule is CCN(CCC(=O)Nc1ccc(N)cc1)c1ccccc1. The van der Waals surface area contributed by atoms with E-state index in [2.05, 4.69) is 29.3 Å². The van der Waals surface area contributed by atoms with E-state index in [1.165, 1.54) is 0 Å². The maximum absolute atomic E-state index is 12.0. The highest BCUT2D eigenvalue weighted by atomic mass is 16.1. The second-order valence-corrected chi connectivity index (χ2v) is 4.84. The average Bonchev–Trinajstić information content (AvgIpc) is 2.51. The lowest BCUT2D eigenvalue weighted by Gasteiger charge is -2.22. The summed E-state index contributed by atoms with van der Waals surface area (Å²) in [5, 5.41) is 2.88. The van der Waals surface area contributed by atoms with E-state index in [9.17, 15) is 4.79 Å². The molecular formula is C17H21N3O. The summed E-state index contributed by atoms with van der Waals surface area (Å²) >= 11 is 0. The number of hydrogen-bond acceptors (Lipinski definition) is 3. The van der Waals surface area contributed by atoms with Crippen molar-refractivity contribution in [1.29, 1.82) is 0 Å². The molecule has 0 fully saturated rings. The Balaban J connectivity index is 1.86. The number of hydrogen-bond donors (Lipinski definition) is 2. The molecule has 4 nitrogen and oxygen atoms in total. The van der Waals surface area contributed by atoms with Gasteiger partial charge in [0.1, 0.15) is 0 Å². The fraction of sp³-hybridized carbons (Fsp3) is 0.235. The van der Waals surface area contributed by atoms with Gasteiger partial charge in [0.25, 0.3) is 0 Å². The minimum atomic E-state index is 0.00847. The monoisotopic (exact) mass is 283 g/mol. The molecule has 0 aromatic heterocycles. The molecule has 110 valence electrons. The Morgan fingerprint density at radius 1 is 1.10 bits per heavy atom. The van der Waals surface area contributed by atoms with Crippen LogP contribution in [-0.2, 0) is 4.79 Å². The van der Waals surface area contributed by atoms with Crippen LogP contribution >= 0.6 is 0 Å². The fourth-order valence-corrected chi connectivity index (χ4v) is 2.14. The van der Waals surface area contributed by atoms with Gasteiger partial charge in [0.05, 0.1) is 0 Å². The third-order valence-electron chi connectivity index (χ3n) is 3.31. The molecule has 0 spiro atoms. The van der Waals surface area contributed by atoms with Crippen LogP contribution in [0.25, 0.3) is 0 Å². The molecule has 0 saturated heterocycles. The highest BCUT2D eigenvalue weighted by molar-refractivity contribution is 5.91. The third kappa shape index (κ3) is 4.53. The Kier molecular flexibility index (Phi) is 5.21. The molecule has 21 heavy (non-hydrogen) atoms. The average molecular weight is 283 g/mol. The number of para-hydroxylation sites is 1. The van der Waals surface area contributed by atoms with Gasteiger partial charge in [-0.05, 0) is 43.3 Å². The quantitative estimate of drug-likeness (QED) is 0.801. The van der Waals surface area contributed by atoms with Gasteiger partial charge in [-0.25, -0.2) is 0 Å². The number of amides is 1. The van der Waals surface area contributed by atoms with Gasteiger partial charge >= 0.3 is 0 Å². The first kappa shape index (κ1) is 14.9. The lowest BCUT2D eigenvalue weighted by atomic mass is 10.2. The number of nitrogen functional groups attached to an aromatic ring is 1. The van der Waals surface area contributed by atoms with E-state index in [1.54, 1.807) is 12.1 Å². The zero-order valence-corrected chi connectivity index (χ0v) is 12.3. The summed E-state index contributed by atoms with van der Waals surface area (Å²) in [7, 11) is 0. The van der Waals surface area contributed by atoms with Crippen LogP contribution < -0.4 is 16.0 Å². The molecule has 0 radical (unpaired) electrons. The second kappa shape index (κ2) is 7.33. The van der Waals surface area contributed by atoms with Crippen molar-refractivity contribution < 1.29 is 4.79 Å². The van der Waals surface area contributed by atoms with Crippen LogP contribution in [0.2, 0.25) is 0 Å². The van der Waals surface area contributed by atoms with E-state index in [0.29, 0.717) is 18.7 Å². The lowest BCUT2D eigenvalue weighted by molar-refractivity contribution is -0.116. The number of carbonyl (C=O) groups excluding carboxylic acids is 1. The second-order valence-electron chi connectivity index (χ2n) is 4.84. The molecule has 2 aromatic carbocycles. The predicted octanol–water partition coefficient (Wildman–Crippen LogP) is 3.12. The molecule has 0 saturated carbocycles. The van der Waals surface area contributed by atoms with Crippen LogP contribution in [0, 0.1) is 0 Å². The molecule has 3 N–H and O–H groups in total. The highest BCUT2D eigenvalue weighted by Gasteiger charge is 2.07. The first-order valence-corrected chi connectivity index (χ1v) is 7.14. The standard InChI is InChI=1S/C17H21N3O/c1-2-20(16-6-4-3-5-7-16)13-12-17(21)19-15-10-8-14(18)9-11-15/h3-11H,2,12-13,18H2,1H3,(H,19,21). The minimum absolute atomic E-state index is 0.00847. The van der Waals surface area contributed by atoms with E-state index >= 15 is 0 Å². The molecule has 0 aliphatic rings. The largest absolute Gasteiger partial charge is 0.399 e. The van der Waals surface area contributed by atoms with Gasteiger partial charge in [-0.2, -0.15) is 0 Å². The minimum Gasteiger partial charge on any atom is -0.399 e. The number of rotatable bonds is 6. The van der Waals surface area contributed by atoms with Crippen molar-refractivity contribution in [3.8, 4) is 0 Å². The van der Waals surface area contributed by atoms with E-state index < -0.39 is 0 Å². The summed E-state index contributed by atoms with van der Waals surface area (Å²) in [5.74, 6) is 0.00847. The number of nitrogens with two attached hydrogens (primary N) is 1. The molecule has 0 unspecified atom stereocenters. The van der Waals surface area contributed by atoms with Crippen LogP contribution in [0.1, 0.15) is 13.3 Å². The van der Waals surface area contributed by atoms with Gasteiger partial charge in [0.15, 0.2) is 0 Å². The number of nitrogens with zero attached hydrogens (tertiary/aromatic N) is 1. The van der Waals surface area contributed by atoms with Crippen LogP contribution in [0.4, 0.5) is 17.1 Å². The highest BCUT2D eigenvalue weighted by Crippen LogP contribution is 2.14. The summed E-state index contributed by atoms with van der Waals surface area (Å²) in [6.45, 7) is 3.66. The topological polar surface area (TPSA) is 58.4 Å². The zero-order valence-electron chi connectivity index (χ0n) is 12.3. The molecule has 0 bridgehead atoms. The summed E-state index contributed by atoms with van der Waals surface area (Å²) in [5.41, 5.74) is 8.22. The van der Waals surface area contributed by atoms with E-state index in [4.69, 9.17) is 5.73 Å². The molecule has 0 aliphatic carbocycles. The van der Waals surface area contributed by atoms with Crippen LogP contribution in [-0.4, -0.2) is 19.0 Å². The van der Waals surface area contributed by atoms with Crippen LogP contribution in [0.15, 0.2) is 54.6 Å². The van der Waals surface area contributed by atoms with Crippen LogP contribution in [0.5, 0.6) is 0 Å². The zero-order chi connectivity index (χ0) is 15.1. The summed E-state index contributed by atoms with van der Waals surface area (Å²) in [6, 6.07) is 17.3. The van der Waals surface area contributed by atoms with E-state index in [0.717, 1.165) is 17.9 Å². The summed E-state index contributed by atoms with van der Waals surface area (Å²) in [6.07, 6.45) is 0.451. The Bertz CT molecular complexity index is 566. The van der Waals surface area contributed by atoms with Crippen molar-refractivity contribution >= 4 is 23.0 Å². The number of carbonyl (C=O) groups is 1. The first-order valence-electron chi connectivity index (χ1n) is 7.14. The third-order valence-corrected chi connectivity index (χ3v) is 3.31. The predicted molar refractivity (Wildman–Crippen MR) is 88.4 cm³/mol. The Morgan fingerprint density at radius 3 is 2.38 bits per heavy atom. The molecule has 0 atom stereocenters. The van der Waals surface area contributed by atoms with Crippen molar-refractivity contribution in [3.63, 3.8) is 0 Å². The van der Waals surface area contributed by atoms with Gasteiger partial charge < -0.3 is 16.0 Å². The summed E-state index contributed by atoms with van der Waals surface area (Å²) in [4.78, 5) is 14.2. The van der Waals surface area contributed by atoms with Gasteiger partial charge in [0, 0.05) is 36.6 Å². The van der Waals surface area contributed by atoms with Crippen molar-refractivity contribution in [1.82, 2.24) is 0 Å². The Morgan fingerprint density at radius 2 is 1.76 bits per heavy atom. The Labute approximate surface area is 125 Å². The molecule has 2 rings (SSSR count). The first-order chi connectivity index (χ1) is 10.2. The maximum Gasteiger partial charge on any atom is 0.226 e. The van der Waals surface area contributed by atoms with E-state index in [-0.39, 0.29) is 5.91 Å². The normalized spacial score (nSPS) is 10.1. The number of anilines is 3. The molecule has 4 heteroatoms. The molecule has 2 aromatic rings. The van der Waals surface area contributed by atoms with Gasteiger partial charge in [0.2, 0.25) is 5.91 Å². The number of benzene rings is 2. The van der Waals surface area contributed by atoms with Crippen molar-refractivity contribution in [2.75, 3.05) is 29.0 Å². The molecular weight excluding hydrogens is 262 g/mol. The number of nitrogens with one attached hydrogen (secondary N) is 1. The van der Waals surface area contributed by atoms with Crippen molar-refractivity contribution in [2.45, 2.75) is 13.3 Å². The molecule has 0 heterocycles. The maximum atomic E-state index is 12.0. The molecule has 1 amide bonds.